The number of carbonyl (C=O) groups excluding carboxylic acids is 1. The van der Waals surface area contributed by atoms with Gasteiger partial charge in [-0.05, 0) is 32.9 Å². The fraction of sp³-hybridized carbons (Fsp3) is 0.600. The number of ether oxygens (including phenoxy) is 1. The Morgan fingerprint density at radius 2 is 1.92 bits per heavy atom. The zero-order chi connectivity index (χ0) is 18.3. The highest BCUT2D eigenvalue weighted by molar-refractivity contribution is 5.69. The van der Waals surface area contributed by atoms with E-state index in [4.69, 9.17) is 4.74 Å². The van der Waals surface area contributed by atoms with Gasteiger partial charge in [0, 0.05) is 12.6 Å². The summed E-state index contributed by atoms with van der Waals surface area (Å²) in [4.78, 5) is 16.5. The molecule has 1 aromatic rings. The fourth-order valence-electron chi connectivity index (χ4n) is 2.36. The van der Waals surface area contributed by atoms with Crippen molar-refractivity contribution in [2.75, 3.05) is 6.54 Å². The number of pyridine rings is 1. The van der Waals surface area contributed by atoms with Gasteiger partial charge in [0.1, 0.15) is 5.60 Å². The summed E-state index contributed by atoms with van der Waals surface area (Å²) in [6, 6.07) is 0.621. The first kappa shape index (κ1) is 18.4. The van der Waals surface area contributed by atoms with E-state index in [1.807, 2.05) is 0 Å². The van der Waals surface area contributed by atoms with Crippen molar-refractivity contribution in [3.05, 3.63) is 29.6 Å². The van der Waals surface area contributed by atoms with E-state index in [9.17, 15) is 26.7 Å². The SMILES string of the molecule is CC(C)(C)OC(=O)N1CC(F)(F)CC1c1ccc(C(F)(F)F)cn1. The van der Waals surface area contributed by atoms with Crippen molar-refractivity contribution in [2.45, 2.75) is 50.9 Å². The van der Waals surface area contributed by atoms with E-state index in [0.717, 1.165) is 17.0 Å². The summed E-state index contributed by atoms with van der Waals surface area (Å²) >= 11 is 0. The van der Waals surface area contributed by atoms with Crippen LogP contribution in [0, 0.1) is 0 Å². The third-order valence-corrected chi connectivity index (χ3v) is 3.35. The third kappa shape index (κ3) is 4.33. The molecule has 0 bridgehead atoms. The first-order valence-electron chi connectivity index (χ1n) is 7.19. The first-order chi connectivity index (χ1) is 10.8. The standard InChI is InChI=1S/C15H17F5N2O2/c1-13(2,3)24-12(23)22-8-14(16,17)6-11(22)10-5-4-9(7-21-10)15(18,19)20/h4-5,7,11H,6,8H2,1-3H3. The molecule has 1 saturated heterocycles. The molecule has 0 aromatic carbocycles. The number of hydrogen-bond donors (Lipinski definition) is 0. The Balaban J connectivity index is 2.27. The second-order valence-corrected chi connectivity index (χ2v) is 6.65. The van der Waals surface area contributed by atoms with Crippen molar-refractivity contribution in [1.82, 2.24) is 9.88 Å². The summed E-state index contributed by atoms with van der Waals surface area (Å²) < 4.78 is 70.3. The van der Waals surface area contributed by atoms with Crippen LogP contribution in [0.1, 0.15) is 44.5 Å². The Morgan fingerprint density at radius 1 is 1.29 bits per heavy atom. The van der Waals surface area contributed by atoms with Gasteiger partial charge >= 0.3 is 12.3 Å². The van der Waals surface area contributed by atoms with Gasteiger partial charge in [-0.2, -0.15) is 13.2 Å². The average Bonchev–Trinajstić information content (AvgIpc) is 2.72. The molecule has 4 nitrogen and oxygen atoms in total. The highest BCUT2D eigenvalue weighted by Crippen LogP contribution is 2.41. The third-order valence-electron chi connectivity index (χ3n) is 3.35. The van der Waals surface area contributed by atoms with Crippen LogP contribution in [0.15, 0.2) is 18.3 Å². The molecule has 1 atom stereocenters. The Kier molecular flexibility index (Phi) is 4.49. The van der Waals surface area contributed by atoms with Crippen LogP contribution in [-0.4, -0.2) is 34.0 Å². The van der Waals surface area contributed by atoms with Gasteiger partial charge in [0.15, 0.2) is 0 Å². The zero-order valence-corrected chi connectivity index (χ0v) is 13.3. The highest BCUT2D eigenvalue weighted by atomic mass is 19.4. The van der Waals surface area contributed by atoms with Crippen LogP contribution in [0.4, 0.5) is 26.7 Å². The summed E-state index contributed by atoms with van der Waals surface area (Å²) in [5.74, 6) is -3.16. The lowest BCUT2D eigenvalue weighted by Crippen LogP contribution is -2.38. The molecule has 1 aromatic heterocycles. The van der Waals surface area contributed by atoms with Crippen LogP contribution in [-0.2, 0) is 10.9 Å². The minimum atomic E-state index is -4.57. The first-order valence-corrected chi connectivity index (χ1v) is 7.19. The normalized spacial score (nSPS) is 21.0. The van der Waals surface area contributed by atoms with E-state index in [2.05, 4.69) is 4.98 Å². The molecule has 0 N–H and O–H groups in total. The van der Waals surface area contributed by atoms with E-state index >= 15 is 0 Å². The smallest absolute Gasteiger partial charge is 0.417 e. The molecule has 1 aliphatic rings. The predicted octanol–water partition coefficient (Wildman–Crippen LogP) is 4.42. The van der Waals surface area contributed by atoms with Gasteiger partial charge in [-0.1, -0.05) is 0 Å². The topological polar surface area (TPSA) is 42.4 Å². The van der Waals surface area contributed by atoms with Crippen LogP contribution >= 0.6 is 0 Å². The number of carbonyl (C=O) groups is 1. The maximum atomic E-state index is 13.7. The van der Waals surface area contributed by atoms with E-state index in [-0.39, 0.29) is 5.69 Å². The van der Waals surface area contributed by atoms with Gasteiger partial charge < -0.3 is 4.74 Å². The second kappa shape index (κ2) is 5.86. The molecule has 24 heavy (non-hydrogen) atoms. The van der Waals surface area contributed by atoms with Crippen molar-refractivity contribution < 1.29 is 31.5 Å². The lowest BCUT2D eigenvalue weighted by molar-refractivity contribution is -0.137. The molecule has 1 unspecified atom stereocenters. The van der Waals surface area contributed by atoms with Crippen molar-refractivity contribution >= 4 is 6.09 Å². The molecule has 1 aliphatic heterocycles. The number of aromatic nitrogens is 1. The molecule has 134 valence electrons. The Morgan fingerprint density at radius 3 is 2.38 bits per heavy atom. The number of likely N-dealkylation sites (tertiary alicyclic amines) is 1. The van der Waals surface area contributed by atoms with Crippen LogP contribution in [0.2, 0.25) is 0 Å². The van der Waals surface area contributed by atoms with Gasteiger partial charge in [0.05, 0.1) is 23.8 Å². The number of amides is 1. The number of halogens is 5. The van der Waals surface area contributed by atoms with Crippen LogP contribution in [0.5, 0.6) is 0 Å². The van der Waals surface area contributed by atoms with Crippen LogP contribution < -0.4 is 0 Å². The number of alkyl halides is 5. The maximum Gasteiger partial charge on any atom is 0.417 e. The van der Waals surface area contributed by atoms with Crippen molar-refractivity contribution in [2.24, 2.45) is 0 Å². The summed E-state index contributed by atoms with van der Waals surface area (Å²) in [6.07, 6.45) is -5.67. The minimum absolute atomic E-state index is 0.0361. The van der Waals surface area contributed by atoms with Crippen molar-refractivity contribution in [1.29, 1.82) is 0 Å². The Labute approximate surface area is 135 Å². The summed E-state index contributed by atoms with van der Waals surface area (Å²) in [6.45, 7) is 3.90. The number of nitrogens with zero attached hydrogens (tertiary/aromatic N) is 2. The van der Waals surface area contributed by atoms with Crippen molar-refractivity contribution in [3.63, 3.8) is 0 Å². The molecule has 0 saturated carbocycles. The lowest BCUT2D eigenvalue weighted by Gasteiger charge is -2.28. The predicted molar refractivity (Wildman–Crippen MR) is 74.5 cm³/mol. The van der Waals surface area contributed by atoms with Crippen molar-refractivity contribution in [3.8, 4) is 0 Å². The van der Waals surface area contributed by atoms with Gasteiger partial charge in [-0.15, -0.1) is 0 Å². The van der Waals surface area contributed by atoms with Crippen LogP contribution in [0.3, 0.4) is 0 Å². The molecular weight excluding hydrogens is 335 g/mol. The molecule has 9 heteroatoms. The Bertz CT molecular complexity index is 608. The molecule has 1 amide bonds. The summed E-state index contributed by atoms with van der Waals surface area (Å²) in [5.41, 5.74) is -1.90. The van der Waals surface area contributed by atoms with Gasteiger partial charge in [-0.25, -0.2) is 13.6 Å². The van der Waals surface area contributed by atoms with E-state index in [1.165, 1.54) is 0 Å². The molecule has 2 rings (SSSR count). The molecule has 0 radical (unpaired) electrons. The Hall–Kier alpha value is -1.93. The number of rotatable bonds is 1. The maximum absolute atomic E-state index is 13.7. The molecule has 2 heterocycles. The summed E-state index contributed by atoms with van der Waals surface area (Å²) in [7, 11) is 0. The number of hydrogen-bond acceptors (Lipinski definition) is 3. The summed E-state index contributed by atoms with van der Waals surface area (Å²) in [5, 5.41) is 0. The quantitative estimate of drug-likeness (QED) is 0.703. The lowest BCUT2D eigenvalue weighted by atomic mass is 10.1. The monoisotopic (exact) mass is 352 g/mol. The van der Waals surface area contributed by atoms with Gasteiger partial charge in [0.25, 0.3) is 5.92 Å². The second-order valence-electron chi connectivity index (χ2n) is 6.65. The minimum Gasteiger partial charge on any atom is -0.444 e. The van der Waals surface area contributed by atoms with E-state index < -0.39 is 48.4 Å². The van der Waals surface area contributed by atoms with Gasteiger partial charge in [0.2, 0.25) is 0 Å². The zero-order valence-electron chi connectivity index (χ0n) is 13.3. The average molecular weight is 352 g/mol. The fourth-order valence-corrected chi connectivity index (χ4v) is 2.36. The molecule has 0 aliphatic carbocycles. The largest absolute Gasteiger partial charge is 0.444 e. The molecule has 0 spiro atoms. The van der Waals surface area contributed by atoms with E-state index in [1.54, 1.807) is 20.8 Å². The van der Waals surface area contributed by atoms with E-state index in [0.29, 0.717) is 6.20 Å². The highest BCUT2D eigenvalue weighted by Gasteiger charge is 2.49. The van der Waals surface area contributed by atoms with Crippen LogP contribution in [0.25, 0.3) is 0 Å². The van der Waals surface area contributed by atoms with Gasteiger partial charge in [-0.3, -0.25) is 9.88 Å². The molecular formula is C15H17F5N2O2. The molecule has 1 fully saturated rings.